The number of pyridine rings is 1. The van der Waals surface area contributed by atoms with Gasteiger partial charge < -0.3 is 9.72 Å². The molecular formula is C38H43F2N5O4S2. The van der Waals surface area contributed by atoms with E-state index in [9.17, 15) is 13.2 Å². The second kappa shape index (κ2) is 14.1. The fourth-order valence-corrected chi connectivity index (χ4v) is 10.1. The number of ether oxygens (including phenoxy) is 1. The molecule has 0 saturated carbocycles. The minimum atomic E-state index is -3.55. The topological polar surface area (TPSA) is 120 Å². The maximum Gasteiger partial charge on any atom is 0.308 e. The van der Waals surface area contributed by atoms with Crippen molar-refractivity contribution in [2.24, 2.45) is 18.4 Å². The van der Waals surface area contributed by atoms with Crippen LogP contribution in [0.2, 0.25) is 0 Å². The van der Waals surface area contributed by atoms with Crippen LogP contribution in [0.25, 0.3) is 22.3 Å². The Bertz CT molecular complexity index is 2210. The Hall–Kier alpha value is -4.10. The number of esters is 1. The highest BCUT2D eigenvalue weighted by atomic mass is 32.2. The molecule has 1 aliphatic heterocycles. The van der Waals surface area contributed by atoms with Crippen molar-refractivity contribution in [2.45, 2.75) is 75.0 Å². The number of aryl methyl sites for hydroxylation is 2. The fourth-order valence-electron chi connectivity index (χ4n) is 7.06. The number of nitrogens with zero attached hydrogens (tertiary/aromatic N) is 4. The van der Waals surface area contributed by atoms with Crippen molar-refractivity contribution in [2.75, 3.05) is 18.6 Å². The van der Waals surface area contributed by atoms with Gasteiger partial charge in [0.15, 0.2) is 21.5 Å². The zero-order chi connectivity index (χ0) is 36.7. The lowest BCUT2D eigenvalue weighted by Gasteiger charge is -2.30. The summed E-state index contributed by atoms with van der Waals surface area (Å²) in [6.07, 6.45) is 3.94. The van der Waals surface area contributed by atoms with E-state index < -0.39 is 38.2 Å². The Morgan fingerprint density at radius 3 is 2.63 bits per heavy atom. The quantitative estimate of drug-likeness (QED) is 0.187. The van der Waals surface area contributed by atoms with Crippen LogP contribution >= 0.6 is 11.8 Å². The normalized spacial score (nSPS) is 19.8. The number of nitrogens with one attached hydrogen (secondary N) is 1. The molecule has 51 heavy (non-hydrogen) atoms. The number of aromatic nitrogens is 5. The van der Waals surface area contributed by atoms with E-state index in [0.29, 0.717) is 69.6 Å². The molecule has 0 radical (unpaired) electrons. The Kier molecular flexibility index (Phi) is 10.2. The average Bonchev–Trinajstić information content (AvgIpc) is 3.70. The summed E-state index contributed by atoms with van der Waals surface area (Å²) in [5.74, 6) is -1.16. The van der Waals surface area contributed by atoms with Crippen molar-refractivity contribution in [3.63, 3.8) is 0 Å². The predicted molar refractivity (Wildman–Crippen MR) is 194 cm³/mol. The van der Waals surface area contributed by atoms with Crippen LogP contribution < -0.4 is 0 Å². The highest BCUT2D eigenvalue weighted by molar-refractivity contribution is 7.99. The van der Waals surface area contributed by atoms with Crippen molar-refractivity contribution in [1.82, 2.24) is 24.7 Å². The third kappa shape index (κ3) is 7.74. The van der Waals surface area contributed by atoms with E-state index in [1.807, 2.05) is 45.0 Å². The van der Waals surface area contributed by atoms with Gasteiger partial charge in [0, 0.05) is 41.2 Å². The number of benzene rings is 2. The Labute approximate surface area is 301 Å². The molecule has 1 unspecified atom stereocenters. The lowest BCUT2D eigenvalue weighted by Crippen LogP contribution is -2.30. The van der Waals surface area contributed by atoms with Crippen LogP contribution in [0, 0.1) is 23.0 Å². The molecule has 5 aromatic rings. The summed E-state index contributed by atoms with van der Waals surface area (Å²) >= 11 is 1.13. The zero-order valence-electron chi connectivity index (χ0n) is 29.7. The number of halogens is 2. The standard InChI is InChI=1S/C38H43F2N5O4S2/c1-23(35(46)49-6)19-24-9-7-10-32(42-24)38(4)16-8-15-37(2,3)22-51(47,48)18-14-27-26-13-17-41-31(26)21-30(40)33(27)50-25-11-12-29(39)28(20-25)34-43-36(38)44-45(34)5/h7,9-13,17,20-21,23,41H,8,14-16,18-19,22H2,1-6H3/t23-,38?/m0/s1. The molecule has 1 aliphatic rings. The van der Waals surface area contributed by atoms with Crippen LogP contribution in [0.15, 0.2) is 64.5 Å². The molecule has 2 atom stereocenters. The number of sulfone groups is 1. The van der Waals surface area contributed by atoms with Gasteiger partial charge in [0.05, 0.1) is 46.1 Å². The predicted octanol–water partition coefficient (Wildman–Crippen LogP) is 7.61. The van der Waals surface area contributed by atoms with Crippen molar-refractivity contribution >= 4 is 38.5 Å². The lowest BCUT2D eigenvalue weighted by atomic mass is 9.78. The highest BCUT2D eigenvalue weighted by Gasteiger charge is 2.37. The average molecular weight is 736 g/mol. The molecule has 13 heteroatoms. The number of hydrogen-bond acceptors (Lipinski definition) is 8. The van der Waals surface area contributed by atoms with Crippen molar-refractivity contribution in [3.8, 4) is 11.4 Å². The number of methoxy groups -OCH3 is 1. The Morgan fingerprint density at radius 1 is 1.08 bits per heavy atom. The van der Waals surface area contributed by atoms with Crippen molar-refractivity contribution < 1.29 is 26.7 Å². The van der Waals surface area contributed by atoms with E-state index in [4.69, 9.17) is 19.8 Å². The smallest absolute Gasteiger partial charge is 0.308 e. The molecule has 0 saturated heterocycles. The number of hydrogen-bond donors (Lipinski definition) is 1. The molecular weight excluding hydrogens is 693 g/mol. The SMILES string of the molecule is COC(=O)[C@@H](C)Cc1cccc(C2(C)CCCC(C)(C)CS(=O)(=O)CCc3c(c(F)cc4[nH]ccc34)Sc3ccc(F)c(c3)-c3nc2nn3C)n1. The van der Waals surface area contributed by atoms with Gasteiger partial charge in [-0.25, -0.2) is 26.9 Å². The monoisotopic (exact) mass is 735 g/mol. The first kappa shape index (κ1) is 36.7. The maximum atomic E-state index is 15.8. The first-order valence-corrected chi connectivity index (χ1v) is 19.7. The molecule has 270 valence electrons. The van der Waals surface area contributed by atoms with Crippen LogP contribution in [-0.4, -0.2) is 57.7 Å². The molecule has 4 heterocycles. The number of H-pyrrole nitrogens is 1. The maximum absolute atomic E-state index is 15.8. The molecule has 0 spiro atoms. The molecule has 3 aromatic heterocycles. The van der Waals surface area contributed by atoms with E-state index in [-0.39, 0.29) is 29.5 Å². The lowest BCUT2D eigenvalue weighted by molar-refractivity contribution is -0.144. The van der Waals surface area contributed by atoms with Crippen molar-refractivity contribution in [1.29, 1.82) is 0 Å². The van der Waals surface area contributed by atoms with Gasteiger partial charge in [-0.15, -0.1) is 0 Å². The van der Waals surface area contributed by atoms with Gasteiger partial charge >= 0.3 is 5.97 Å². The largest absolute Gasteiger partial charge is 0.469 e. The third-order valence-corrected chi connectivity index (χ3v) is 13.0. The van der Waals surface area contributed by atoms with E-state index in [2.05, 4.69) is 4.98 Å². The molecule has 9 nitrogen and oxygen atoms in total. The molecule has 6 rings (SSSR count). The van der Waals surface area contributed by atoms with E-state index >= 15 is 8.78 Å². The summed E-state index contributed by atoms with van der Waals surface area (Å²) in [5.41, 5.74) is 1.34. The second-order valence-corrected chi connectivity index (χ2v) is 17.8. The highest BCUT2D eigenvalue weighted by Crippen LogP contribution is 2.41. The Morgan fingerprint density at radius 2 is 1.86 bits per heavy atom. The summed E-state index contributed by atoms with van der Waals surface area (Å²) in [4.78, 5) is 26.0. The van der Waals surface area contributed by atoms with E-state index in [1.165, 1.54) is 19.2 Å². The van der Waals surface area contributed by atoms with Gasteiger partial charge in [-0.1, -0.05) is 45.0 Å². The molecule has 0 amide bonds. The third-order valence-electron chi connectivity index (χ3n) is 9.82. The molecule has 4 bridgehead atoms. The first-order valence-electron chi connectivity index (χ1n) is 17.0. The summed E-state index contributed by atoms with van der Waals surface area (Å²) in [5, 5.41) is 5.57. The van der Waals surface area contributed by atoms with Gasteiger partial charge in [-0.3, -0.25) is 9.78 Å². The second-order valence-electron chi connectivity index (χ2n) is 14.6. The fraction of sp³-hybridized carbons (Fsp3) is 0.421. The van der Waals surface area contributed by atoms with Gasteiger partial charge in [0.1, 0.15) is 11.6 Å². The minimum Gasteiger partial charge on any atom is -0.469 e. The van der Waals surface area contributed by atoms with Crippen LogP contribution in [0.5, 0.6) is 0 Å². The number of carbonyl (C=O) groups is 1. The van der Waals surface area contributed by atoms with Crippen molar-refractivity contribution in [3.05, 3.63) is 89.1 Å². The van der Waals surface area contributed by atoms with E-state index in [0.717, 1.165) is 17.1 Å². The van der Waals surface area contributed by atoms with Crippen LogP contribution in [-0.2, 0) is 44.7 Å². The minimum absolute atomic E-state index is 0.0305. The van der Waals surface area contributed by atoms with Crippen LogP contribution in [0.3, 0.4) is 0 Å². The summed E-state index contributed by atoms with van der Waals surface area (Å²) in [6.45, 7) is 7.69. The number of aromatic amines is 1. The van der Waals surface area contributed by atoms with Crippen LogP contribution in [0.4, 0.5) is 8.78 Å². The van der Waals surface area contributed by atoms with Gasteiger partial charge in [0.25, 0.3) is 0 Å². The van der Waals surface area contributed by atoms with Gasteiger partial charge in [-0.05, 0) is 79.6 Å². The summed E-state index contributed by atoms with van der Waals surface area (Å²) in [6, 6.07) is 13.4. The first-order chi connectivity index (χ1) is 24.1. The van der Waals surface area contributed by atoms with Gasteiger partial charge in [0.2, 0.25) is 0 Å². The molecule has 2 aromatic carbocycles. The zero-order valence-corrected chi connectivity index (χ0v) is 31.4. The molecule has 0 fully saturated rings. The molecule has 0 aliphatic carbocycles. The summed E-state index contributed by atoms with van der Waals surface area (Å²) in [7, 11) is -0.484. The summed E-state index contributed by atoms with van der Waals surface area (Å²) < 4.78 is 65.3. The van der Waals surface area contributed by atoms with Gasteiger partial charge in [-0.2, -0.15) is 5.10 Å². The van der Waals surface area contributed by atoms with E-state index in [1.54, 1.807) is 37.0 Å². The number of carbonyl (C=O) groups excluding carboxylic acids is 1. The Balaban J connectivity index is 1.49. The molecule has 1 N–H and O–H groups in total. The number of fused-ring (bicyclic) bond motifs is 8. The number of rotatable bonds is 4. The van der Waals surface area contributed by atoms with Crippen LogP contribution in [0.1, 0.15) is 69.7 Å².